The summed E-state index contributed by atoms with van der Waals surface area (Å²) < 4.78 is 28.6. The van der Waals surface area contributed by atoms with Gasteiger partial charge in [0, 0.05) is 36.8 Å². The summed E-state index contributed by atoms with van der Waals surface area (Å²) in [6.07, 6.45) is 3.75. The fraction of sp³-hybridized carbons (Fsp3) is 0.200. The molecule has 0 bridgehead atoms. The molecular weight excluding hydrogens is 443 g/mol. The summed E-state index contributed by atoms with van der Waals surface area (Å²) in [5, 5.41) is 1.39. The zero-order chi connectivity index (χ0) is 22.9. The van der Waals surface area contributed by atoms with E-state index in [4.69, 9.17) is 21.1 Å². The van der Waals surface area contributed by atoms with E-state index >= 15 is 4.39 Å². The number of fused-ring (bicyclic) bond motifs is 2. The van der Waals surface area contributed by atoms with Gasteiger partial charge in [-0.2, -0.15) is 0 Å². The summed E-state index contributed by atoms with van der Waals surface area (Å²) in [6.45, 7) is 3.01. The Labute approximate surface area is 194 Å². The minimum absolute atomic E-state index is 0.199. The van der Waals surface area contributed by atoms with Crippen LogP contribution in [0.3, 0.4) is 0 Å². The van der Waals surface area contributed by atoms with Crippen molar-refractivity contribution in [2.75, 3.05) is 7.11 Å². The van der Waals surface area contributed by atoms with Gasteiger partial charge in [0.15, 0.2) is 11.5 Å². The average Bonchev–Trinajstić information content (AvgIpc) is 3.39. The Balaban J connectivity index is 1.42. The van der Waals surface area contributed by atoms with Crippen molar-refractivity contribution in [2.24, 2.45) is 0 Å². The number of ether oxygens (including phenoxy) is 2. The molecule has 33 heavy (non-hydrogen) atoms. The van der Waals surface area contributed by atoms with Gasteiger partial charge in [0.1, 0.15) is 23.9 Å². The summed E-state index contributed by atoms with van der Waals surface area (Å²) in [7, 11) is 1.54. The third kappa shape index (κ3) is 4.00. The highest BCUT2D eigenvalue weighted by atomic mass is 35.5. The molecule has 2 aromatic carbocycles. The number of para-hydroxylation sites is 2. The number of nitrogens with zero attached hydrogens (tertiary/aromatic N) is 3. The Kier molecular flexibility index (Phi) is 5.64. The quantitative estimate of drug-likeness (QED) is 0.325. The van der Waals surface area contributed by atoms with Crippen LogP contribution in [-0.2, 0) is 19.6 Å². The van der Waals surface area contributed by atoms with E-state index in [1.165, 1.54) is 6.07 Å². The van der Waals surface area contributed by atoms with Gasteiger partial charge in [0.05, 0.1) is 23.2 Å². The van der Waals surface area contributed by atoms with Gasteiger partial charge in [-0.05, 0) is 42.3 Å². The van der Waals surface area contributed by atoms with Crippen molar-refractivity contribution in [3.05, 3.63) is 82.6 Å². The molecular formula is C25H22ClFN4O2. The van der Waals surface area contributed by atoms with Crippen molar-refractivity contribution < 1.29 is 13.9 Å². The van der Waals surface area contributed by atoms with Gasteiger partial charge in [-0.25, -0.2) is 14.4 Å². The predicted molar refractivity (Wildman–Crippen MR) is 127 cm³/mol. The normalized spacial score (nSPS) is 11.4. The number of aromatic amines is 1. The fourth-order valence-corrected chi connectivity index (χ4v) is 4.26. The number of benzene rings is 2. The molecule has 0 aliphatic carbocycles. The summed E-state index contributed by atoms with van der Waals surface area (Å²) in [5.41, 5.74) is 4.04. The van der Waals surface area contributed by atoms with Crippen molar-refractivity contribution >= 4 is 33.7 Å². The SMILES string of the molecule is CCn1c(COc2cc(F)c(Cc3c[nH]c4ncc(Cl)cc34)cc2OC)nc2ccccc21. The lowest BCUT2D eigenvalue weighted by molar-refractivity contribution is 0.270. The van der Waals surface area contributed by atoms with Crippen molar-refractivity contribution in [3.63, 3.8) is 0 Å². The number of rotatable bonds is 7. The first-order chi connectivity index (χ1) is 16.1. The number of H-pyrrole nitrogens is 1. The van der Waals surface area contributed by atoms with Crippen molar-refractivity contribution in [1.29, 1.82) is 0 Å². The van der Waals surface area contributed by atoms with Crippen LogP contribution in [0.25, 0.3) is 22.1 Å². The van der Waals surface area contributed by atoms with Crippen molar-refractivity contribution in [1.82, 2.24) is 19.5 Å². The molecule has 0 amide bonds. The van der Waals surface area contributed by atoms with E-state index in [9.17, 15) is 0 Å². The molecule has 0 aliphatic rings. The zero-order valence-corrected chi connectivity index (χ0v) is 19.0. The summed E-state index contributed by atoms with van der Waals surface area (Å²) in [5.74, 6) is 1.19. The van der Waals surface area contributed by atoms with Gasteiger partial charge < -0.3 is 19.0 Å². The summed E-state index contributed by atoms with van der Waals surface area (Å²) >= 11 is 6.09. The molecule has 3 aromatic heterocycles. The van der Waals surface area contributed by atoms with Crippen molar-refractivity contribution in [3.8, 4) is 11.5 Å². The number of nitrogens with one attached hydrogen (secondary N) is 1. The van der Waals surface area contributed by atoms with Crippen LogP contribution in [0.5, 0.6) is 11.5 Å². The predicted octanol–water partition coefficient (Wildman–Crippen LogP) is 5.90. The second-order valence-electron chi connectivity index (χ2n) is 7.68. The van der Waals surface area contributed by atoms with Crippen LogP contribution >= 0.6 is 11.6 Å². The minimum atomic E-state index is -0.376. The van der Waals surface area contributed by atoms with Crippen LogP contribution < -0.4 is 9.47 Å². The summed E-state index contributed by atoms with van der Waals surface area (Å²) in [6, 6.07) is 12.8. The first-order valence-electron chi connectivity index (χ1n) is 10.6. The Hall–Kier alpha value is -3.58. The average molecular weight is 465 g/mol. The van der Waals surface area contributed by atoms with Gasteiger partial charge in [-0.3, -0.25) is 0 Å². The largest absolute Gasteiger partial charge is 0.493 e. The van der Waals surface area contributed by atoms with Gasteiger partial charge in [0.25, 0.3) is 0 Å². The maximum absolute atomic E-state index is 15.1. The molecule has 6 nitrogen and oxygen atoms in total. The van der Waals surface area contributed by atoms with Crippen LogP contribution in [0, 0.1) is 5.82 Å². The molecule has 1 N–H and O–H groups in total. The van der Waals surface area contributed by atoms with Gasteiger partial charge >= 0.3 is 0 Å². The van der Waals surface area contributed by atoms with E-state index < -0.39 is 0 Å². The molecule has 5 aromatic rings. The monoisotopic (exact) mass is 464 g/mol. The number of imidazole rings is 1. The lowest BCUT2D eigenvalue weighted by Gasteiger charge is -2.14. The molecule has 3 heterocycles. The third-order valence-electron chi connectivity index (χ3n) is 5.70. The molecule has 0 fully saturated rings. The second-order valence-corrected chi connectivity index (χ2v) is 8.12. The number of pyridine rings is 1. The summed E-state index contributed by atoms with van der Waals surface area (Å²) in [4.78, 5) is 12.0. The molecule has 0 aliphatic heterocycles. The first kappa shape index (κ1) is 21.3. The minimum Gasteiger partial charge on any atom is -0.493 e. The second kappa shape index (κ2) is 8.75. The van der Waals surface area contributed by atoms with E-state index in [1.54, 1.807) is 19.4 Å². The molecule has 0 saturated heterocycles. The Morgan fingerprint density at radius 2 is 1.97 bits per heavy atom. The van der Waals surface area contributed by atoms with Crippen LogP contribution in [0.2, 0.25) is 5.02 Å². The van der Waals surface area contributed by atoms with E-state index in [1.807, 2.05) is 36.5 Å². The molecule has 168 valence electrons. The first-order valence-corrected chi connectivity index (χ1v) is 11.0. The van der Waals surface area contributed by atoms with Crippen LogP contribution in [0.1, 0.15) is 23.9 Å². The Morgan fingerprint density at radius 1 is 1.12 bits per heavy atom. The van der Waals surface area contributed by atoms with E-state index in [0.717, 1.165) is 34.4 Å². The number of aryl methyl sites for hydroxylation is 1. The molecule has 8 heteroatoms. The number of methoxy groups -OCH3 is 1. The molecule has 0 atom stereocenters. The molecule has 5 rings (SSSR count). The zero-order valence-electron chi connectivity index (χ0n) is 18.2. The standard InChI is InChI=1S/C25H22ClFN4O2/c1-3-31-21-7-5-4-6-20(21)30-24(31)14-33-23-11-19(27)15(9-22(23)32-2)8-16-12-28-25-18(16)10-17(26)13-29-25/h4-7,9-13H,3,8,14H2,1-2H3,(H,28,29). The van der Waals surface area contributed by atoms with Gasteiger partial charge in [-0.1, -0.05) is 23.7 Å². The smallest absolute Gasteiger partial charge is 0.164 e. The van der Waals surface area contributed by atoms with Gasteiger partial charge in [0.2, 0.25) is 0 Å². The van der Waals surface area contributed by atoms with E-state index in [-0.39, 0.29) is 12.4 Å². The lowest BCUT2D eigenvalue weighted by atomic mass is 10.0. The molecule has 0 spiro atoms. The maximum atomic E-state index is 15.1. The fourth-order valence-electron chi connectivity index (χ4n) is 4.10. The maximum Gasteiger partial charge on any atom is 0.164 e. The Bertz CT molecular complexity index is 1460. The highest BCUT2D eigenvalue weighted by Crippen LogP contribution is 2.33. The van der Waals surface area contributed by atoms with Gasteiger partial charge in [-0.15, -0.1) is 0 Å². The van der Waals surface area contributed by atoms with Crippen LogP contribution in [-0.4, -0.2) is 26.6 Å². The Morgan fingerprint density at radius 3 is 2.79 bits per heavy atom. The lowest BCUT2D eigenvalue weighted by Crippen LogP contribution is -2.07. The molecule has 0 saturated carbocycles. The van der Waals surface area contributed by atoms with Crippen LogP contribution in [0.15, 0.2) is 54.9 Å². The number of hydrogen-bond donors (Lipinski definition) is 1. The van der Waals surface area contributed by atoms with E-state index in [0.29, 0.717) is 34.2 Å². The van der Waals surface area contributed by atoms with Crippen LogP contribution in [0.4, 0.5) is 4.39 Å². The highest BCUT2D eigenvalue weighted by Gasteiger charge is 2.16. The molecule has 0 unspecified atom stereocenters. The number of aromatic nitrogens is 4. The molecule has 0 radical (unpaired) electrons. The highest BCUT2D eigenvalue weighted by molar-refractivity contribution is 6.31. The van der Waals surface area contributed by atoms with Crippen molar-refractivity contribution in [2.45, 2.75) is 26.5 Å². The van der Waals surface area contributed by atoms with E-state index in [2.05, 4.69) is 26.4 Å². The third-order valence-corrected chi connectivity index (χ3v) is 5.91. The number of hydrogen-bond acceptors (Lipinski definition) is 4. The number of halogens is 2. The topological polar surface area (TPSA) is 65.0 Å².